The minimum absolute atomic E-state index is 0.0218. The van der Waals surface area contributed by atoms with E-state index in [1.807, 2.05) is 0 Å². The van der Waals surface area contributed by atoms with Crippen LogP contribution in [0, 0.1) is 18.7 Å². The van der Waals surface area contributed by atoms with E-state index < -0.39 is 27.9 Å². The number of ether oxygens (including phenoxy) is 1. The SMILES string of the molecule is Cc1cc2c(cc1S(=O)(=O)N1CCC[C@@H](C(=O)Nc3cccc(F)c3)C1)O[C@H](C)C(=O)N2. The van der Waals surface area contributed by atoms with E-state index in [1.54, 1.807) is 26.0 Å². The number of piperidine rings is 1. The Bertz CT molecular complexity index is 1180. The van der Waals surface area contributed by atoms with Gasteiger partial charge in [0.2, 0.25) is 15.9 Å². The molecule has 10 heteroatoms. The molecule has 2 aliphatic heterocycles. The zero-order valence-electron chi connectivity index (χ0n) is 17.7. The Kier molecular flexibility index (Phi) is 5.91. The molecular formula is C22H24FN3O5S. The summed E-state index contributed by atoms with van der Waals surface area (Å²) in [5.41, 5.74) is 1.22. The lowest BCUT2D eigenvalue weighted by Crippen LogP contribution is -2.44. The van der Waals surface area contributed by atoms with Crippen LogP contribution in [0.2, 0.25) is 0 Å². The van der Waals surface area contributed by atoms with Gasteiger partial charge in [0.1, 0.15) is 11.6 Å². The molecule has 0 saturated carbocycles. The molecule has 32 heavy (non-hydrogen) atoms. The monoisotopic (exact) mass is 461 g/mol. The van der Waals surface area contributed by atoms with Gasteiger partial charge < -0.3 is 15.4 Å². The maximum atomic E-state index is 13.4. The molecule has 2 atom stereocenters. The molecule has 8 nitrogen and oxygen atoms in total. The van der Waals surface area contributed by atoms with E-state index in [4.69, 9.17) is 4.74 Å². The Balaban J connectivity index is 1.54. The van der Waals surface area contributed by atoms with Gasteiger partial charge in [0.15, 0.2) is 6.10 Å². The molecule has 2 aliphatic rings. The second-order valence-electron chi connectivity index (χ2n) is 8.06. The van der Waals surface area contributed by atoms with Crippen LogP contribution < -0.4 is 15.4 Å². The predicted molar refractivity (Wildman–Crippen MR) is 116 cm³/mol. The number of hydrogen-bond acceptors (Lipinski definition) is 5. The van der Waals surface area contributed by atoms with Crippen LogP contribution in [0.5, 0.6) is 5.75 Å². The number of nitrogens with zero attached hydrogens (tertiary/aromatic N) is 1. The Morgan fingerprint density at radius 3 is 2.81 bits per heavy atom. The van der Waals surface area contributed by atoms with E-state index in [0.717, 1.165) is 0 Å². The van der Waals surface area contributed by atoms with Crippen LogP contribution in [0.3, 0.4) is 0 Å². The largest absolute Gasteiger partial charge is 0.479 e. The van der Waals surface area contributed by atoms with Crippen molar-refractivity contribution in [1.82, 2.24) is 4.31 Å². The van der Waals surface area contributed by atoms with Gasteiger partial charge in [-0.3, -0.25) is 9.59 Å². The van der Waals surface area contributed by atoms with Gasteiger partial charge in [-0.25, -0.2) is 12.8 Å². The van der Waals surface area contributed by atoms with E-state index >= 15 is 0 Å². The topological polar surface area (TPSA) is 105 Å². The molecule has 2 aromatic rings. The maximum Gasteiger partial charge on any atom is 0.265 e. The molecule has 4 rings (SSSR count). The van der Waals surface area contributed by atoms with Crippen LogP contribution >= 0.6 is 0 Å². The predicted octanol–water partition coefficient (Wildman–Crippen LogP) is 2.89. The lowest BCUT2D eigenvalue weighted by molar-refractivity contribution is -0.123. The van der Waals surface area contributed by atoms with Crippen molar-refractivity contribution in [2.75, 3.05) is 23.7 Å². The van der Waals surface area contributed by atoms with E-state index in [0.29, 0.717) is 35.5 Å². The van der Waals surface area contributed by atoms with E-state index in [1.165, 1.54) is 28.6 Å². The number of nitrogens with one attached hydrogen (secondary N) is 2. The van der Waals surface area contributed by atoms with Gasteiger partial charge in [-0.05, 0) is 56.5 Å². The van der Waals surface area contributed by atoms with E-state index in [9.17, 15) is 22.4 Å². The Hall–Kier alpha value is -2.98. The first-order valence-corrected chi connectivity index (χ1v) is 11.8. The van der Waals surface area contributed by atoms with Crippen molar-refractivity contribution in [3.05, 3.63) is 47.8 Å². The lowest BCUT2D eigenvalue weighted by Gasteiger charge is -2.32. The summed E-state index contributed by atoms with van der Waals surface area (Å²) in [7, 11) is -3.90. The number of carbonyl (C=O) groups excluding carboxylic acids is 2. The fourth-order valence-electron chi connectivity index (χ4n) is 3.95. The Morgan fingerprint density at radius 1 is 1.28 bits per heavy atom. The van der Waals surface area contributed by atoms with Crippen molar-refractivity contribution in [3.63, 3.8) is 0 Å². The molecule has 0 aromatic heterocycles. The average molecular weight is 462 g/mol. The van der Waals surface area contributed by atoms with Gasteiger partial charge in [0, 0.05) is 24.8 Å². The fraction of sp³-hybridized carbons (Fsp3) is 0.364. The van der Waals surface area contributed by atoms with Crippen LogP contribution in [0.4, 0.5) is 15.8 Å². The van der Waals surface area contributed by atoms with Crippen LogP contribution in [0.1, 0.15) is 25.3 Å². The normalized spacial score (nSPS) is 21.3. The van der Waals surface area contributed by atoms with Gasteiger partial charge in [-0.1, -0.05) is 6.07 Å². The summed E-state index contributed by atoms with van der Waals surface area (Å²) in [5, 5.41) is 5.37. The summed E-state index contributed by atoms with van der Waals surface area (Å²) in [4.78, 5) is 24.6. The average Bonchev–Trinajstić information content (AvgIpc) is 2.74. The fourth-order valence-corrected chi connectivity index (χ4v) is 5.69. The maximum absolute atomic E-state index is 13.4. The molecule has 0 unspecified atom stereocenters. The highest BCUT2D eigenvalue weighted by atomic mass is 32.2. The molecule has 2 heterocycles. The lowest BCUT2D eigenvalue weighted by atomic mass is 9.99. The summed E-state index contributed by atoms with van der Waals surface area (Å²) in [5.74, 6) is -1.38. The first kappa shape index (κ1) is 22.2. The van der Waals surface area contributed by atoms with Crippen LogP contribution in [0.15, 0.2) is 41.3 Å². The summed E-state index contributed by atoms with van der Waals surface area (Å²) >= 11 is 0. The van der Waals surface area contributed by atoms with Crippen molar-refractivity contribution in [2.45, 2.75) is 37.7 Å². The molecule has 0 radical (unpaired) electrons. The Labute approximate surface area is 185 Å². The quantitative estimate of drug-likeness (QED) is 0.729. The van der Waals surface area contributed by atoms with Crippen LogP contribution in [-0.4, -0.2) is 43.7 Å². The molecule has 1 saturated heterocycles. The number of rotatable bonds is 4. The third-order valence-corrected chi connectivity index (χ3v) is 7.68. The second kappa shape index (κ2) is 8.51. The minimum atomic E-state index is -3.90. The molecule has 2 amide bonds. The number of anilines is 2. The van der Waals surface area contributed by atoms with Gasteiger partial charge in [0.25, 0.3) is 5.91 Å². The van der Waals surface area contributed by atoms with Gasteiger partial charge in [0.05, 0.1) is 16.5 Å². The summed E-state index contributed by atoms with van der Waals surface area (Å²) in [6.45, 7) is 3.54. The van der Waals surface area contributed by atoms with Crippen molar-refractivity contribution in [3.8, 4) is 5.75 Å². The molecular weight excluding hydrogens is 437 g/mol. The van der Waals surface area contributed by atoms with Crippen molar-refractivity contribution < 1.29 is 27.1 Å². The summed E-state index contributed by atoms with van der Waals surface area (Å²) in [6.07, 6.45) is 0.323. The molecule has 0 aliphatic carbocycles. The molecule has 0 bridgehead atoms. The number of hydrogen-bond donors (Lipinski definition) is 2. The highest BCUT2D eigenvalue weighted by Gasteiger charge is 2.35. The van der Waals surface area contributed by atoms with Crippen molar-refractivity contribution in [1.29, 1.82) is 0 Å². The molecule has 0 spiro atoms. The number of sulfonamides is 1. The number of benzene rings is 2. The first-order valence-electron chi connectivity index (χ1n) is 10.3. The van der Waals surface area contributed by atoms with Crippen LogP contribution in [0.25, 0.3) is 0 Å². The summed E-state index contributed by atoms with van der Waals surface area (Å²) in [6, 6.07) is 8.56. The highest BCUT2D eigenvalue weighted by Crippen LogP contribution is 2.36. The Morgan fingerprint density at radius 2 is 2.06 bits per heavy atom. The number of carbonyl (C=O) groups is 2. The van der Waals surface area contributed by atoms with Crippen LogP contribution in [-0.2, 0) is 19.6 Å². The molecule has 170 valence electrons. The van der Waals surface area contributed by atoms with Gasteiger partial charge >= 0.3 is 0 Å². The number of amides is 2. The number of aryl methyl sites for hydroxylation is 1. The van der Waals surface area contributed by atoms with Crippen molar-refractivity contribution in [2.24, 2.45) is 5.92 Å². The van der Waals surface area contributed by atoms with Crippen molar-refractivity contribution >= 4 is 33.2 Å². The second-order valence-corrected chi connectivity index (χ2v) is 9.97. The number of halogens is 1. The molecule has 2 N–H and O–H groups in total. The van der Waals surface area contributed by atoms with Gasteiger partial charge in [-0.2, -0.15) is 4.31 Å². The minimum Gasteiger partial charge on any atom is -0.479 e. The smallest absolute Gasteiger partial charge is 0.265 e. The first-order chi connectivity index (χ1) is 15.1. The molecule has 2 aromatic carbocycles. The standard InChI is InChI=1S/C22H24FN3O5S/c1-13-9-18-19(31-14(2)21(27)25-18)11-20(13)32(29,30)26-8-4-5-15(12-26)22(28)24-17-7-3-6-16(23)10-17/h3,6-7,9-11,14-15H,4-5,8,12H2,1-2H3,(H,24,28)(H,25,27)/t14-,15-/m1/s1. The van der Waals surface area contributed by atoms with E-state index in [2.05, 4.69) is 10.6 Å². The third kappa shape index (κ3) is 4.33. The van der Waals surface area contributed by atoms with E-state index in [-0.39, 0.29) is 29.8 Å². The third-order valence-electron chi connectivity index (χ3n) is 5.67. The zero-order chi connectivity index (χ0) is 23.0. The molecule has 1 fully saturated rings. The zero-order valence-corrected chi connectivity index (χ0v) is 18.5. The highest BCUT2D eigenvalue weighted by molar-refractivity contribution is 7.89. The summed E-state index contributed by atoms with van der Waals surface area (Å²) < 4.78 is 47.1. The number of fused-ring (bicyclic) bond motifs is 1. The van der Waals surface area contributed by atoms with Gasteiger partial charge in [-0.15, -0.1) is 0 Å².